The van der Waals surface area contributed by atoms with Gasteiger partial charge in [-0.2, -0.15) is 0 Å². The van der Waals surface area contributed by atoms with Crippen molar-refractivity contribution in [2.75, 3.05) is 40.0 Å². The number of aliphatic hydroxyl groups excluding tert-OH is 1. The molecule has 1 saturated heterocycles. The average Bonchev–Trinajstić information content (AvgIpc) is 2.50. The molecule has 0 bridgehead atoms. The zero-order chi connectivity index (χ0) is 14.4. The van der Waals surface area contributed by atoms with Crippen LogP contribution in [0, 0.1) is 0 Å². The molecule has 4 nitrogen and oxygen atoms in total. The minimum Gasteiger partial charge on any atom is -0.395 e. The Kier molecular flexibility index (Phi) is 6.26. The van der Waals surface area contributed by atoms with E-state index in [1.54, 1.807) is 0 Å². The first-order valence-electron chi connectivity index (χ1n) is 7.10. The van der Waals surface area contributed by atoms with Crippen molar-refractivity contribution >= 4 is 11.6 Å². The van der Waals surface area contributed by atoms with Crippen molar-refractivity contribution in [2.45, 2.75) is 18.5 Å². The first kappa shape index (κ1) is 15.7. The van der Waals surface area contributed by atoms with Crippen LogP contribution in [0.15, 0.2) is 24.3 Å². The Bertz CT molecular complexity index is 417. The summed E-state index contributed by atoms with van der Waals surface area (Å²) in [5, 5.41) is 13.5. The maximum atomic E-state index is 9.39. The molecule has 1 aromatic carbocycles. The predicted molar refractivity (Wildman–Crippen MR) is 81.1 cm³/mol. The van der Waals surface area contributed by atoms with E-state index in [-0.39, 0.29) is 18.7 Å². The van der Waals surface area contributed by atoms with Crippen molar-refractivity contribution < 1.29 is 9.84 Å². The molecule has 1 aliphatic heterocycles. The topological polar surface area (TPSA) is 44.7 Å². The summed E-state index contributed by atoms with van der Waals surface area (Å²) in [5.74, 6) is 0. The summed E-state index contributed by atoms with van der Waals surface area (Å²) in [4.78, 5) is 2.30. The van der Waals surface area contributed by atoms with Gasteiger partial charge < -0.3 is 15.2 Å². The number of hydrogen-bond donors (Lipinski definition) is 2. The summed E-state index contributed by atoms with van der Waals surface area (Å²) in [5.41, 5.74) is 1.13. The number of ether oxygens (including phenoxy) is 1. The van der Waals surface area contributed by atoms with Gasteiger partial charge in [0.05, 0.1) is 25.9 Å². The molecule has 20 heavy (non-hydrogen) atoms. The molecule has 0 saturated carbocycles. The number of hydrogen-bond acceptors (Lipinski definition) is 4. The van der Waals surface area contributed by atoms with E-state index < -0.39 is 0 Å². The van der Waals surface area contributed by atoms with Gasteiger partial charge in [-0.3, -0.25) is 4.90 Å². The second-order valence-electron chi connectivity index (χ2n) is 5.10. The summed E-state index contributed by atoms with van der Waals surface area (Å²) in [6, 6.07) is 8.29. The molecule has 0 amide bonds. The highest BCUT2D eigenvalue weighted by atomic mass is 35.5. The fourth-order valence-electron chi connectivity index (χ4n) is 2.66. The van der Waals surface area contributed by atoms with E-state index in [1.807, 2.05) is 25.2 Å². The van der Waals surface area contributed by atoms with E-state index >= 15 is 0 Å². The molecule has 2 N–H and O–H groups in total. The highest BCUT2D eigenvalue weighted by Crippen LogP contribution is 2.25. The van der Waals surface area contributed by atoms with Crippen LogP contribution in [-0.4, -0.2) is 56.0 Å². The van der Waals surface area contributed by atoms with Crippen molar-refractivity contribution in [1.29, 1.82) is 0 Å². The van der Waals surface area contributed by atoms with Crippen LogP contribution in [-0.2, 0) is 4.74 Å². The highest BCUT2D eigenvalue weighted by molar-refractivity contribution is 6.31. The van der Waals surface area contributed by atoms with Gasteiger partial charge in [0, 0.05) is 24.2 Å². The summed E-state index contributed by atoms with van der Waals surface area (Å²) in [6.45, 7) is 3.31. The number of nitrogens with zero attached hydrogens (tertiary/aromatic N) is 1. The van der Waals surface area contributed by atoms with Crippen molar-refractivity contribution in [1.82, 2.24) is 10.2 Å². The molecule has 2 rings (SSSR count). The van der Waals surface area contributed by atoms with Crippen LogP contribution in [0.1, 0.15) is 18.0 Å². The quantitative estimate of drug-likeness (QED) is 0.839. The van der Waals surface area contributed by atoms with Crippen LogP contribution >= 0.6 is 11.6 Å². The Balaban J connectivity index is 1.95. The molecule has 2 atom stereocenters. The van der Waals surface area contributed by atoms with E-state index in [0.29, 0.717) is 6.61 Å². The van der Waals surface area contributed by atoms with Gasteiger partial charge >= 0.3 is 0 Å². The van der Waals surface area contributed by atoms with Crippen molar-refractivity contribution in [3.63, 3.8) is 0 Å². The Morgan fingerprint density at radius 1 is 1.50 bits per heavy atom. The molecule has 1 aromatic rings. The lowest BCUT2D eigenvalue weighted by molar-refractivity contribution is -0.0285. The SMILES string of the molecule is CNC(CCN1CCOCC1CO)c1ccccc1Cl. The van der Waals surface area contributed by atoms with Crippen molar-refractivity contribution in [2.24, 2.45) is 0 Å². The summed E-state index contributed by atoms with van der Waals surface area (Å²) < 4.78 is 5.40. The molecule has 1 fully saturated rings. The van der Waals surface area contributed by atoms with Gasteiger partial charge in [-0.1, -0.05) is 29.8 Å². The number of aliphatic hydroxyl groups is 1. The second-order valence-corrected chi connectivity index (χ2v) is 5.51. The third-order valence-corrected chi connectivity index (χ3v) is 4.24. The normalized spacial score (nSPS) is 21.9. The fraction of sp³-hybridized carbons (Fsp3) is 0.600. The van der Waals surface area contributed by atoms with Gasteiger partial charge in [0.15, 0.2) is 0 Å². The van der Waals surface area contributed by atoms with Crippen molar-refractivity contribution in [3.8, 4) is 0 Å². The molecule has 0 aliphatic carbocycles. The van der Waals surface area contributed by atoms with Gasteiger partial charge in [-0.25, -0.2) is 0 Å². The summed E-state index contributed by atoms with van der Waals surface area (Å²) >= 11 is 6.26. The smallest absolute Gasteiger partial charge is 0.0644 e. The maximum absolute atomic E-state index is 9.39. The van der Waals surface area contributed by atoms with Crippen LogP contribution in [0.4, 0.5) is 0 Å². The van der Waals surface area contributed by atoms with Gasteiger partial charge in [0.2, 0.25) is 0 Å². The van der Waals surface area contributed by atoms with Gasteiger partial charge in [0.1, 0.15) is 0 Å². The monoisotopic (exact) mass is 298 g/mol. The molecular formula is C15H23ClN2O2. The fourth-order valence-corrected chi connectivity index (χ4v) is 2.93. The Morgan fingerprint density at radius 2 is 2.30 bits per heavy atom. The molecule has 0 aromatic heterocycles. The Labute approximate surface area is 125 Å². The predicted octanol–water partition coefficient (Wildman–Crippen LogP) is 1.68. The van der Waals surface area contributed by atoms with Gasteiger partial charge in [-0.15, -0.1) is 0 Å². The number of halogens is 1. The molecule has 0 spiro atoms. The number of morpholine rings is 1. The zero-order valence-corrected chi connectivity index (χ0v) is 12.6. The lowest BCUT2D eigenvalue weighted by atomic mass is 10.0. The Morgan fingerprint density at radius 3 is 3.00 bits per heavy atom. The van der Waals surface area contributed by atoms with Crippen LogP contribution in [0.25, 0.3) is 0 Å². The van der Waals surface area contributed by atoms with Crippen LogP contribution in [0.5, 0.6) is 0 Å². The second kappa shape index (κ2) is 7.96. The minimum absolute atomic E-state index is 0.118. The van der Waals surface area contributed by atoms with E-state index in [2.05, 4.69) is 16.3 Å². The van der Waals surface area contributed by atoms with Crippen LogP contribution < -0.4 is 5.32 Å². The molecule has 0 radical (unpaired) electrons. The molecular weight excluding hydrogens is 276 g/mol. The van der Waals surface area contributed by atoms with Crippen LogP contribution in [0.2, 0.25) is 5.02 Å². The molecule has 5 heteroatoms. The molecule has 1 heterocycles. The lowest BCUT2D eigenvalue weighted by Crippen LogP contribution is -2.48. The van der Waals surface area contributed by atoms with E-state index in [1.165, 1.54) is 0 Å². The van der Waals surface area contributed by atoms with Crippen molar-refractivity contribution in [3.05, 3.63) is 34.9 Å². The van der Waals surface area contributed by atoms with Crippen LogP contribution in [0.3, 0.4) is 0 Å². The first-order valence-corrected chi connectivity index (χ1v) is 7.48. The minimum atomic E-state index is 0.118. The Hall–Kier alpha value is -0.650. The molecule has 1 aliphatic rings. The van der Waals surface area contributed by atoms with E-state index in [0.717, 1.165) is 36.7 Å². The third-order valence-electron chi connectivity index (χ3n) is 3.89. The number of benzene rings is 1. The average molecular weight is 299 g/mol. The number of rotatable bonds is 6. The summed E-state index contributed by atoms with van der Waals surface area (Å²) in [7, 11) is 1.96. The lowest BCUT2D eigenvalue weighted by Gasteiger charge is -2.35. The molecule has 112 valence electrons. The van der Waals surface area contributed by atoms with E-state index in [4.69, 9.17) is 16.3 Å². The summed E-state index contributed by atoms with van der Waals surface area (Å²) in [6.07, 6.45) is 0.955. The number of nitrogens with one attached hydrogen (secondary N) is 1. The van der Waals surface area contributed by atoms with Gasteiger partial charge in [0.25, 0.3) is 0 Å². The first-order chi connectivity index (χ1) is 9.76. The molecule has 2 unspecified atom stereocenters. The maximum Gasteiger partial charge on any atom is 0.0644 e. The largest absolute Gasteiger partial charge is 0.395 e. The standard InChI is InChI=1S/C15H23ClN2O2/c1-17-15(13-4-2-3-5-14(13)16)6-7-18-8-9-20-11-12(18)10-19/h2-5,12,15,17,19H,6-11H2,1H3. The van der Waals surface area contributed by atoms with Gasteiger partial charge in [-0.05, 0) is 25.1 Å². The zero-order valence-electron chi connectivity index (χ0n) is 11.9. The highest BCUT2D eigenvalue weighted by Gasteiger charge is 2.23. The third kappa shape index (κ3) is 3.93. The van der Waals surface area contributed by atoms with E-state index in [9.17, 15) is 5.11 Å².